The van der Waals surface area contributed by atoms with Crippen molar-refractivity contribution in [1.29, 1.82) is 0 Å². The van der Waals surface area contributed by atoms with Gasteiger partial charge in [-0.15, -0.1) is 11.8 Å². The van der Waals surface area contributed by atoms with Gasteiger partial charge in [0.1, 0.15) is 16.7 Å². The number of fused-ring (bicyclic) bond motifs is 1. The maximum atomic E-state index is 13.1. The third-order valence-electron chi connectivity index (χ3n) is 5.23. The molecule has 6 nitrogen and oxygen atoms in total. The van der Waals surface area contributed by atoms with E-state index in [1.165, 1.54) is 0 Å². The van der Waals surface area contributed by atoms with Crippen molar-refractivity contribution in [2.45, 2.75) is 23.0 Å². The molecule has 0 fully saturated rings. The summed E-state index contributed by atoms with van der Waals surface area (Å²) in [6.45, 7) is 3.18. The molecule has 1 aliphatic rings. The molecule has 1 amide bonds. The van der Waals surface area contributed by atoms with E-state index in [0.29, 0.717) is 13.2 Å². The smallest absolute Gasteiger partial charge is 0.244 e. The van der Waals surface area contributed by atoms with Gasteiger partial charge in [-0.3, -0.25) is 4.79 Å². The summed E-state index contributed by atoms with van der Waals surface area (Å²) in [4.78, 5) is 18.2. The van der Waals surface area contributed by atoms with Crippen molar-refractivity contribution in [2.24, 2.45) is 5.73 Å². The lowest BCUT2D eigenvalue weighted by Gasteiger charge is -2.32. The van der Waals surface area contributed by atoms with Gasteiger partial charge in [-0.2, -0.15) is 0 Å². The van der Waals surface area contributed by atoms with Crippen LogP contribution in [0.25, 0.3) is 0 Å². The molecule has 0 saturated carbocycles. The number of hydrogen-bond donors (Lipinski definition) is 1. The van der Waals surface area contributed by atoms with Gasteiger partial charge in [0.15, 0.2) is 0 Å². The number of unbranched alkanes of at least 4 members (excludes halogenated alkanes) is 1. The van der Waals surface area contributed by atoms with E-state index in [0.717, 1.165) is 53.6 Å². The molecular formula is C23H31N3O3S. The summed E-state index contributed by atoms with van der Waals surface area (Å²) in [5, 5.41) is -0.370. The average Bonchev–Trinajstić information content (AvgIpc) is 2.76. The molecule has 7 heteroatoms. The summed E-state index contributed by atoms with van der Waals surface area (Å²) in [7, 11) is 5.54. The lowest BCUT2D eigenvalue weighted by atomic mass is 10.1. The molecule has 0 aliphatic carbocycles. The molecule has 0 aromatic heterocycles. The molecule has 1 unspecified atom stereocenters. The molecule has 1 atom stereocenters. The van der Waals surface area contributed by atoms with E-state index in [1.807, 2.05) is 43.4 Å². The minimum absolute atomic E-state index is 0.0419. The van der Waals surface area contributed by atoms with Crippen molar-refractivity contribution in [1.82, 2.24) is 4.90 Å². The minimum atomic E-state index is -0.370. The van der Waals surface area contributed by atoms with Crippen LogP contribution in [0.15, 0.2) is 47.4 Å². The van der Waals surface area contributed by atoms with Crippen LogP contribution in [0.4, 0.5) is 5.69 Å². The van der Waals surface area contributed by atoms with Gasteiger partial charge in [-0.25, -0.2) is 0 Å². The largest absolute Gasteiger partial charge is 0.497 e. The normalized spacial score (nSPS) is 16.0. The molecule has 2 aromatic carbocycles. The van der Waals surface area contributed by atoms with Crippen LogP contribution in [0.5, 0.6) is 11.5 Å². The number of anilines is 1. The van der Waals surface area contributed by atoms with Crippen LogP contribution in [0, 0.1) is 0 Å². The van der Waals surface area contributed by atoms with Crippen LogP contribution in [0.3, 0.4) is 0 Å². The molecule has 2 aromatic rings. The average molecular weight is 430 g/mol. The lowest BCUT2D eigenvalue weighted by molar-refractivity contribution is -0.118. The standard InChI is InChI=1S/C23H31N3O3S/c1-25(14-12-24)13-6-7-15-29-20-11-10-17(28-3)16-18(20)22-23(27)26(2)19-8-4-5-9-21(19)30-22/h4-5,8-11,16,22H,6-7,12-15,24H2,1-3H3. The van der Waals surface area contributed by atoms with Crippen molar-refractivity contribution in [3.05, 3.63) is 48.0 Å². The summed E-state index contributed by atoms with van der Waals surface area (Å²) in [6, 6.07) is 13.7. The number of amides is 1. The number of thioether (sulfide) groups is 1. The van der Waals surface area contributed by atoms with Crippen LogP contribution in [0.1, 0.15) is 23.7 Å². The first-order valence-corrected chi connectivity index (χ1v) is 11.2. The van der Waals surface area contributed by atoms with E-state index in [2.05, 4.69) is 18.0 Å². The number of likely N-dealkylation sites (N-methyl/N-ethyl adjacent to an activating group) is 2. The van der Waals surface area contributed by atoms with Crippen molar-refractivity contribution >= 4 is 23.4 Å². The highest BCUT2D eigenvalue weighted by Crippen LogP contribution is 2.48. The topological polar surface area (TPSA) is 68.0 Å². The molecule has 1 heterocycles. The summed E-state index contributed by atoms with van der Waals surface area (Å²) in [5.74, 6) is 1.50. The van der Waals surface area contributed by atoms with E-state index >= 15 is 0 Å². The zero-order valence-corrected chi connectivity index (χ0v) is 18.8. The summed E-state index contributed by atoms with van der Waals surface area (Å²) in [5.41, 5.74) is 7.38. The van der Waals surface area contributed by atoms with Gasteiger partial charge >= 0.3 is 0 Å². The molecular weight excluding hydrogens is 398 g/mol. The van der Waals surface area contributed by atoms with Crippen molar-refractivity contribution in [2.75, 3.05) is 52.3 Å². The van der Waals surface area contributed by atoms with Crippen molar-refractivity contribution in [3.63, 3.8) is 0 Å². The van der Waals surface area contributed by atoms with Gasteiger partial charge < -0.3 is 25.0 Å². The van der Waals surface area contributed by atoms with Gasteiger partial charge in [-0.1, -0.05) is 12.1 Å². The Morgan fingerprint density at radius 3 is 2.73 bits per heavy atom. The van der Waals surface area contributed by atoms with Crippen LogP contribution in [-0.2, 0) is 4.79 Å². The molecule has 3 rings (SSSR count). The first-order valence-electron chi connectivity index (χ1n) is 10.3. The number of carbonyl (C=O) groups is 1. The number of carbonyl (C=O) groups excluding carboxylic acids is 1. The fraction of sp³-hybridized carbons (Fsp3) is 0.435. The van der Waals surface area contributed by atoms with Crippen molar-refractivity contribution < 1.29 is 14.3 Å². The fourth-order valence-electron chi connectivity index (χ4n) is 3.49. The highest BCUT2D eigenvalue weighted by Gasteiger charge is 2.34. The first kappa shape index (κ1) is 22.5. The molecule has 2 N–H and O–H groups in total. The van der Waals surface area contributed by atoms with E-state index in [4.69, 9.17) is 15.2 Å². The van der Waals surface area contributed by atoms with Crippen LogP contribution in [-0.4, -0.2) is 58.3 Å². The lowest BCUT2D eigenvalue weighted by Crippen LogP contribution is -2.33. The second-order valence-corrected chi connectivity index (χ2v) is 8.56. The van der Waals surface area contributed by atoms with E-state index in [9.17, 15) is 4.79 Å². The van der Waals surface area contributed by atoms with Gasteiger partial charge in [0.25, 0.3) is 0 Å². The fourth-order valence-corrected chi connectivity index (χ4v) is 4.80. The summed E-state index contributed by atoms with van der Waals surface area (Å²) in [6.07, 6.45) is 1.98. The monoisotopic (exact) mass is 429 g/mol. The predicted octanol–water partition coefficient (Wildman–Crippen LogP) is 3.55. The Bertz CT molecular complexity index is 861. The van der Waals surface area contributed by atoms with Crippen LogP contribution >= 0.6 is 11.8 Å². The molecule has 0 saturated heterocycles. The number of benzene rings is 2. The molecule has 30 heavy (non-hydrogen) atoms. The highest BCUT2D eigenvalue weighted by molar-refractivity contribution is 8.00. The van der Waals surface area contributed by atoms with Gasteiger partial charge in [0.2, 0.25) is 5.91 Å². The van der Waals surface area contributed by atoms with Gasteiger partial charge in [0, 0.05) is 30.6 Å². The minimum Gasteiger partial charge on any atom is -0.497 e. The van der Waals surface area contributed by atoms with E-state index in [1.54, 1.807) is 23.8 Å². The maximum absolute atomic E-state index is 13.1. The van der Waals surface area contributed by atoms with E-state index < -0.39 is 0 Å². The van der Waals surface area contributed by atoms with Crippen LogP contribution in [0.2, 0.25) is 0 Å². The Balaban J connectivity index is 1.73. The number of ether oxygens (including phenoxy) is 2. The summed E-state index contributed by atoms with van der Waals surface area (Å²) >= 11 is 1.56. The third kappa shape index (κ3) is 5.28. The Kier molecular flexibility index (Phi) is 8.01. The SMILES string of the molecule is COc1ccc(OCCCCN(C)CCN)c(C2Sc3ccccc3N(C)C2=O)c1. The zero-order valence-electron chi connectivity index (χ0n) is 18.0. The molecule has 1 aliphatic heterocycles. The quantitative estimate of drug-likeness (QED) is 0.583. The first-order chi connectivity index (χ1) is 14.5. The van der Waals surface area contributed by atoms with E-state index in [-0.39, 0.29) is 11.2 Å². The molecule has 0 spiro atoms. The maximum Gasteiger partial charge on any atom is 0.244 e. The number of methoxy groups -OCH3 is 1. The third-order valence-corrected chi connectivity index (χ3v) is 6.52. The second kappa shape index (κ2) is 10.7. The Morgan fingerprint density at radius 2 is 1.97 bits per heavy atom. The van der Waals surface area contributed by atoms with Crippen LogP contribution < -0.4 is 20.1 Å². The summed E-state index contributed by atoms with van der Waals surface area (Å²) < 4.78 is 11.5. The van der Waals surface area contributed by atoms with Gasteiger partial charge in [0.05, 0.1) is 19.4 Å². The molecule has 162 valence electrons. The molecule has 0 radical (unpaired) electrons. The van der Waals surface area contributed by atoms with Crippen molar-refractivity contribution in [3.8, 4) is 11.5 Å². The van der Waals surface area contributed by atoms with Gasteiger partial charge in [-0.05, 0) is 56.8 Å². The number of rotatable bonds is 10. The second-order valence-electron chi connectivity index (χ2n) is 7.41. The predicted molar refractivity (Wildman–Crippen MR) is 123 cm³/mol. The number of nitrogens with two attached hydrogens (primary N) is 1. The number of para-hydroxylation sites is 1. The zero-order chi connectivity index (χ0) is 21.5. The number of nitrogens with zero attached hydrogens (tertiary/aromatic N) is 2. The number of hydrogen-bond acceptors (Lipinski definition) is 6. The Labute approximate surface area is 183 Å². The highest BCUT2D eigenvalue weighted by atomic mass is 32.2. The Hall–Kier alpha value is -2.22. The Morgan fingerprint density at radius 1 is 1.17 bits per heavy atom. The molecule has 0 bridgehead atoms.